The van der Waals surface area contributed by atoms with Crippen molar-refractivity contribution < 1.29 is 8.42 Å². The van der Waals surface area contributed by atoms with Crippen LogP contribution in [0, 0.1) is 0 Å². The first-order valence-electron chi connectivity index (χ1n) is 6.36. The van der Waals surface area contributed by atoms with Gasteiger partial charge in [0.05, 0.1) is 15.7 Å². The lowest BCUT2D eigenvalue weighted by atomic mass is 10.4. The molecule has 3 nitrogen and oxygen atoms in total. The van der Waals surface area contributed by atoms with Crippen LogP contribution in [0.25, 0.3) is 0 Å². The third-order valence-electron chi connectivity index (χ3n) is 3.34. The number of halogens is 2. The first kappa shape index (κ1) is 15.1. The van der Waals surface area contributed by atoms with Gasteiger partial charge in [0.2, 0.25) is 0 Å². The van der Waals surface area contributed by atoms with Crippen molar-refractivity contribution in [2.24, 2.45) is 0 Å². The van der Waals surface area contributed by atoms with Gasteiger partial charge in [0, 0.05) is 17.6 Å². The van der Waals surface area contributed by atoms with Crippen LogP contribution < -0.4 is 0 Å². The molecule has 0 unspecified atom stereocenters. The smallest absolute Gasteiger partial charge is 0.181 e. The molecule has 1 aliphatic rings. The molecule has 0 N–H and O–H groups in total. The molecule has 0 aliphatic heterocycles. The normalized spacial score (nSPS) is 16.0. The minimum atomic E-state index is -3.38. The zero-order valence-corrected chi connectivity index (χ0v) is 13.1. The summed E-state index contributed by atoms with van der Waals surface area (Å²) in [7, 11) is -3.38. The van der Waals surface area contributed by atoms with Gasteiger partial charge in [-0.3, -0.25) is 4.90 Å². The lowest BCUT2D eigenvalue weighted by molar-refractivity contribution is 0.294. The van der Waals surface area contributed by atoms with E-state index in [1.54, 1.807) is 6.07 Å². The maximum Gasteiger partial charge on any atom is 0.181 e. The number of nitrogens with zero attached hydrogens (tertiary/aromatic N) is 1. The third kappa shape index (κ3) is 3.85. The molecule has 6 heteroatoms. The van der Waals surface area contributed by atoms with Gasteiger partial charge >= 0.3 is 0 Å². The van der Waals surface area contributed by atoms with Crippen molar-refractivity contribution in [2.75, 3.05) is 18.8 Å². The fraction of sp³-hybridized carbons (Fsp3) is 0.538. The van der Waals surface area contributed by atoms with E-state index in [0.29, 0.717) is 17.6 Å². The fourth-order valence-electron chi connectivity index (χ4n) is 2.10. The van der Waals surface area contributed by atoms with Crippen molar-refractivity contribution >= 4 is 33.0 Å². The molecule has 1 saturated carbocycles. The summed E-state index contributed by atoms with van der Waals surface area (Å²) >= 11 is 11.8. The Bertz CT molecular complexity index is 556. The lowest BCUT2D eigenvalue weighted by Gasteiger charge is -2.19. The molecule has 2 rings (SSSR count). The summed E-state index contributed by atoms with van der Waals surface area (Å²) in [6.45, 7) is 3.48. The maximum atomic E-state index is 12.3. The summed E-state index contributed by atoms with van der Waals surface area (Å²) in [6.07, 6.45) is 2.34. The zero-order chi connectivity index (χ0) is 14.0. The largest absolute Gasteiger partial charge is 0.300 e. The second-order valence-corrected chi connectivity index (χ2v) is 7.67. The van der Waals surface area contributed by atoms with E-state index in [0.717, 1.165) is 6.54 Å². The Labute approximate surface area is 124 Å². The van der Waals surface area contributed by atoms with Crippen molar-refractivity contribution in [1.82, 2.24) is 4.90 Å². The molecule has 19 heavy (non-hydrogen) atoms. The van der Waals surface area contributed by atoms with Crippen LogP contribution in [0.1, 0.15) is 19.8 Å². The number of benzene rings is 1. The molecule has 0 spiro atoms. The molecule has 1 aromatic carbocycles. The van der Waals surface area contributed by atoms with Crippen molar-refractivity contribution in [1.29, 1.82) is 0 Å². The number of rotatable bonds is 6. The maximum absolute atomic E-state index is 12.3. The SMILES string of the molecule is CCN(CCS(=O)(=O)c1cc(Cl)ccc1Cl)C1CC1. The monoisotopic (exact) mass is 321 g/mol. The summed E-state index contributed by atoms with van der Waals surface area (Å²) in [5, 5.41) is 0.622. The highest BCUT2D eigenvalue weighted by atomic mass is 35.5. The second kappa shape index (κ2) is 6.00. The van der Waals surface area contributed by atoms with E-state index in [2.05, 4.69) is 11.8 Å². The highest BCUT2D eigenvalue weighted by Gasteiger charge is 2.29. The topological polar surface area (TPSA) is 37.4 Å². The van der Waals surface area contributed by atoms with Crippen molar-refractivity contribution in [3.63, 3.8) is 0 Å². The zero-order valence-electron chi connectivity index (χ0n) is 10.8. The third-order valence-corrected chi connectivity index (χ3v) is 5.75. The summed E-state index contributed by atoms with van der Waals surface area (Å²) in [6, 6.07) is 5.10. The van der Waals surface area contributed by atoms with E-state index < -0.39 is 9.84 Å². The van der Waals surface area contributed by atoms with Gasteiger partial charge in [-0.15, -0.1) is 0 Å². The van der Waals surface area contributed by atoms with Crippen molar-refractivity contribution in [3.05, 3.63) is 28.2 Å². The molecule has 0 heterocycles. The summed E-state index contributed by atoms with van der Waals surface area (Å²) < 4.78 is 24.6. The van der Waals surface area contributed by atoms with Crippen LogP contribution in [0.15, 0.2) is 23.1 Å². The first-order valence-corrected chi connectivity index (χ1v) is 8.76. The number of hydrogen-bond acceptors (Lipinski definition) is 3. The molecule has 1 aliphatic carbocycles. The Morgan fingerprint density at radius 1 is 1.32 bits per heavy atom. The van der Waals surface area contributed by atoms with Crippen LogP contribution in [0.3, 0.4) is 0 Å². The average molecular weight is 322 g/mol. The molecule has 0 aromatic heterocycles. The Hall–Kier alpha value is -0.290. The van der Waals surface area contributed by atoms with Crippen LogP contribution >= 0.6 is 23.2 Å². The summed E-state index contributed by atoms with van der Waals surface area (Å²) in [5.74, 6) is 0.0808. The fourth-order valence-corrected chi connectivity index (χ4v) is 4.17. The van der Waals surface area contributed by atoms with Crippen molar-refractivity contribution in [3.8, 4) is 0 Å². The quantitative estimate of drug-likeness (QED) is 0.807. The molecular formula is C13H17Cl2NO2S. The van der Waals surface area contributed by atoms with Crippen molar-refractivity contribution in [2.45, 2.75) is 30.7 Å². The molecule has 0 bridgehead atoms. The van der Waals surface area contributed by atoms with Crippen LogP contribution in [-0.4, -0.2) is 38.2 Å². The Kier molecular flexibility index (Phi) is 4.77. The van der Waals surface area contributed by atoms with Crippen LogP contribution in [0.4, 0.5) is 0 Å². The van der Waals surface area contributed by atoms with Gasteiger partial charge in [-0.2, -0.15) is 0 Å². The summed E-state index contributed by atoms with van der Waals surface area (Å²) in [5.41, 5.74) is 0. The van der Waals surface area contributed by atoms with Gasteiger partial charge in [0.1, 0.15) is 0 Å². The van der Waals surface area contributed by atoms with Gasteiger partial charge in [0.25, 0.3) is 0 Å². The van der Waals surface area contributed by atoms with Crippen LogP contribution in [0.2, 0.25) is 10.0 Å². The molecule has 0 atom stereocenters. The van der Waals surface area contributed by atoms with Crippen LogP contribution in [-0.2, 0) is 9.84 Å². The van der Waals surface area contributed by atoms with E-state index in [1.165, 1.54) is 25.0 Å². The molecule has 1 fully saturated rings. The van der Waals surface area contributed by atoms with Crippen LogP contribution in [0.5, 0.6) is 0 Å². The predicted molar refractivity (Wildman–Crippen MR) is 78.8 cm³/mol. The van der Waals surface area contributed by atoms with Gasteiger partial charge in [-0.25, -0.2) is 8.42 Å². The summed E-state index contributed by atoms with van der Waals surface area (Å²) in [4.78, 5) is 2.34. The van der Waals surface area contributed by atoms with E-state index >= 15 is 0 Å². The molecular weight excluding hydrogens is 305 g/mol. The minimum Gasteiger partial charge on any atom is -0.300 e. The van der Waals surface area contributed by atoms with E-state index in [1.807, 2.05) is 0 Å². The van der Waals surface area contributed by atoms with Gasteiger partial charge < -0.3 is 0 Å². The minimum absolute atomic E-state index is 0.0808. The number of hydrogen-bond donors (Lipinski definition) is 0. The molecule has 0 radical (unpaired) electrons. The van der Waals surface area contributed by atoms with Gasteiger partial charge in [-0.1, -0.05) is 30.1 Å². The Morgan fingerprint density at radius 2 is 2.00 bits per heavy atom. The lowest BCUT2D eigenvalue weighted by Crippen LogP contribution is -2.31. The highest BCUT2D eigenvalue weighted by molar-refractivity contribution is 7.91. The number of sulfone groups is 1. The Balaban J connectivity index is 2.11. The van der Waals surface area contributed by atoms with E-state index in [4.69, 9.17) is 23.2 Å². The van der Waals surface area contributed by atoms with E-state index in [9.17, 15) is 8.42 Å². The van der Waals surface area contributed by atoms with Gasteiger partial charge in [0.15, 0.2) is 9.84 Å². The second-order valence-electron chi connectivity index (χ2n) is 4.75. The average Bonchev–Trinajstić information content (AvgIpc) is 3.17. The van der Waals surface area contributed by atoms with Gasteiger partial charge in [-0.05, 0) is 37.6 Å². The predicted octanol–water partition coefficient (Wildman–Crippen LogP) is 3.25. The molecule has 106 valence electrons. The standard InChI is InChI=1S/C13H17Cl2NO2S/c1-2-16(11-4-5-11)7-8-19(17,18)13-9-10(14)3-6-12(13)15/h3,6,9,11H,2,4-5,7-8H2,1H3. The molecule has 0 amide bonds. The molecule has 0 saturated heterocycles. The van der Waals surface area contributed by atoms with E-state index in [-0.39, 0.29) is 15.7 Å². The highest BCUT2D eigenvalue weighted by Crippen LogP contribution is 2.28. The first-order chi connectivity index (χ1) is 8.94. The molecule has 1 aromatic rings. The Morgan fingerprint density at radius 3 is 2.58 bits per heavy atom.